The molecule has 0 bridgehead atoms. The van der Waals surface area contributed by atoms with Crippen molar-refractivity contribution in [3.8, 4) is 0 Å². The first-order chi connectivity index (χ1) is 10.6. The molecule has 0 unspecified atom stereocenters. The molecule has 0 radical (unpaired) electrons. The molecular weight excluding hydrogens is 276 g/mol. The molecule has 0 aromatic carbocycles. The van der Waals surface area contributed by atoms with Crippen LogP contribution in [0.1, 0.15) is 78.1 Å². The van der Waals surface area contributed by atoms with E-state index in [2.05, 4.69) is 13.8 Å². The fourth-order valence-electron chi connectivity index (χ4n) is 3.34. The summed E-state index contributed by atoms with van der Waals surface area (Å²) in [4.78, 5) is 12.1. The van der Waals surface area contributed by atoms with Gasteiger partial charge >= 0.3 is 0 Å². The van der Waals surface area contributed by atoms with Gasteiger partial charge in [-0.2, -0.15) is 0 Å². The molecule has 1 aliphatic carbocycles. The van der Waals surface area contributed by atoms with Gasteiger partial charge in [0.1, 0.15) is 5.78 Å². The maximum Gasteiger partial charge on any atom is 0.139 e. The zero-order chi connectivity index (χ0) is 16.4. The van der Waals surface area contributed by atoms with Crippen molar-refractivity contribution in [1.82, 2.24) is 0 Å². The van der Waals surface area contributed by atoms with Crippen molar-refractivity contribution < 1.29 is 15.0 Å². The molecule has 0 amide bonds. The van der Waals surface area contributed by atoms with Crippen molar-refractivity contribution in [2.75, 3.05) is 0 Å². The minimum absolute atomic E-state index is 0.0500. The fourth-order valence-corrected chi connectivity index (χ4v) is 3.34. The van der Waals surface area contributed by atoms with Crippen LogP contribution in [0.15, 0.2) is 12.2 Å². The van der Waals surface area contributed by atoms with Gasteiger partial charge in [0, 0.05) is 18.3 Å². The number of rotatable bonds is 11. The van der Waals surface area contributed by atoms with Crippen molar-refractivity contribution in [3.63, 3.8) is 0 Å². The topological polar surface area (TPSA) is 57.5 Å². The third-order valence-electron chi connectivity index (χ3n) is 4.76. The predicted molar refractivity (Wildman–Crippen MR) is 90.7 cm³/mol. The Morgan fingerprint density at radius 2 is 1.82 bits per heavy atom. The largest absolute Gasteiger partial charge is 0.392 e. The van der Waals surface area contributed by atoms with Gasteiger partial charge in [-0.1, -0.05) is 70.9 Å². The van der Waals surface area contributed by atoms with E-state index in [1.165, 1.54) is 12.8 Å². The van der Waals surface area contributed by atoms with Gasteiger partial charge in [0.25, 0.3) is 0 Å². The lowest BCUT2D eigenvalue weighted by Gasteiger charge is -2.18. The number of ketones is 1. The number of carbonyl (C=O) groups excluding carboxylic acids is 1. The van der Waals surface area contributed by atoms with Gasteiger partial charge < -0.3 is 10.2 Å². The van der Waals surface area contributed by atoms with E-state index in [4.69, 9.17) is 0 Å². The second-order valence-corrected chi connectivity index (χ2v) is 6.72. The first kappa shape index (κ1) is 19.4. The average molecular weight is 310 g/mol. The highest BCUT2D eigenvalue weighted by Gasteiger charge is 2.39. The van der Waals surface area contributed by atoms with Crippen LogP contribution in [-0.4, -0.2) is 28.2 Å². The van der Waals surface area contributed by atoms with Crippen molar-refractivity contribution in [2.45, 2.75) is 90.3 Å². The van der Waals surface area contributed by atoms with Gasteiger partial charge in [-0.05, 0) is 12.8 Å². The molecule has 22 heavy (non-hydrogen) atoms. The minimum atomic E-state index is -0.567. The van der Waals surface area contributed by atoms with Crippen molar-refractivity contribution in [1.29, 1.82) is 0 Å². The van der Waals surface area contributed by atoms with Crippen LogP contribution in [0.25, 0.3) is 0 Å². The number of aliphatic hydroxyl groups is 2. The molecule has 2 N–H and O–H groups in total. The molecule has 128 valence electrons. The summed E-state index contributed by atoms with van der Waals surface area (Å²) < 4.78 is 0. The van der Waals surface area contributed by atoms with Crippen LogP contribution in [0.2, 0.25) is 0 Å². The Labute approximate surface area is 135 Å². The van der Waals surface area contributed by atoms with Gasteiger partial charge in [-0.3, -0.25) is 4.79 Å². The normalized spacial score (nSPS) is 26.9. The highest BCUT2D eigenvalue weighted by Crippen LogP contribution is 2.34. The summed E-state index contributed by atoms with van der Waals surface area (Å²) in [5.41, 5.74) is 0. The van der Waals surface area contributed by atoms with Gasteiger partial charge in [0.15, 0.2) is 0 Å². The highest BCUT2D eigenvalue weighted by molar-refractivity contribution is 5.84. The van der Waals surface area contributed by atoms with Gasteiger partial charge in [0.05, 0.1) is 12.2 Å². The summed E-state index contributed by atoms with van der Waals surface area (Å²) in [6.45, 7) is 4.32. The van der Waals surface area contributed by atoms with E-state index in [9.17, 15) is 15.0 Å². The Balaban J connectivity index is 2.47. The van der Waals surface area contributed by atoms with Crippen LogP contribution in [0, 0.1) is 11.8 Å². The zero-order valence-corrected chi connectivity index (χ0v) is 14.3. The third kappa shape index (κ3) is 6.62. The zero-order valence-electron chi connectivity index (χ0n) is 14.3. The summed E-state index contributed by atoms with van der Waals surface area (Å²) in [7, 11) is 0. The van der Waals surface area contributed by atoms with Crippen LogP contribution in [0.5, 0.6) is 0 Å². The number of carbonyl (C=O) groups is 1. The van der Waals surface area contributed by atoms with Gasteiger partial charge in [-0.15, -0.1) is 0 Å². The van der Waals surface area contributed by atoms with E-state index in [0.717, 1.165) is 44.9 Å². The van der Waals surface area contributed by atoms with Crippen molar-refractivity contribution >= 4 is 5.78 Å². The van der Waals surface area contributed by atoms with E-state index < -0.39 is 12.2 Å². The smallest absolute Gasteiger partial charge is 0.139 e. The second-order valence-electron chi connectivity index (χ2n) is 6.72. The molecule has 1 fully saturated rings. The highest BCUT2D eigenvalue weighted by atomic mass is 16.3. The van der Waals surface area contributed by atoms with E-state index >= 15 is 0 Å². The fraction of sp³-hybridized carbons (Fsp3) is 0.842. The molecule has 1 rings (SSSR count). The van der Waals surface area contributed by atoms with Gasteiger partial charge in [-0.25, -0.2) is 0 Å². The average Bonchev–Trinajstić information content (AvgIpc) is 2.75. The van der Waals surface area contributed by atoms with E-state index in [1.54, 1.807) is 6.08 Å². The number of unbranched alkanes of at least 4 members (excludes halogenated alkanes) is 5. The van der Waals surface area contributed by atoms with Crippen LogP contribution in [0.4, 0.5) is 0 Å². The SMILES string of the molecule is CCCCCC[C@H]1C(=O)C[C@@H](O)[C@@H]1/C=C/[C@@H](O)CCCCC. The Kier molecular flexibility index (Phi) is 9.65. The lowest BCUT2D eigenvalue weighted by Crippen LogP contribution is -2.19. The quantitative estimate of drug-likeness (QED) is 0.447. The summed E-state index contributed by atoms with van der Waals surface area (Å²) in [5.74, 6) is 0.0417. The Bertz CT molecular complexity index is 338. The Hall–Kier alpha value is -0.670. The number of Topliss-reactive ketones (excluding diaryl/α,β-unsaturated/α-hetero) is 1. The standard InChI is InChI=1S/C19H34O3/c1-3-5-7-9-11-16-17(19(22)14-18(16)21)13-12-15(20)10-8-6-4-2/h12-13,15-17,19-20,22H,3-11,14H2,1-2H3/b13-12+/t15-,16+,17+,19+/m0/s1. The molecule has 0 aromatic rings. The summed E-state index contributed by atoms with van der Waals surface area (Å²) in [6, 6.07) is 0. The molecule has 1 aliphatic rings. The lowest BCUT2D eigenvalue weighted by molar-refractivity contribution is -0.121. The molecule has 0 aliphatic heterocycles. The molecule has 4 atom stereocenters. The second kappa shape index (κ2) is 11.0. The summed E-state index contributed by atoms with van der Waals surface area (Å²) in [5, 5.41) is 20.1. The van der Waals surface area contributed by atoms with E-state index in [1.807, 2.05) is 6.08 Å². The van der Waals surface area contributed by atoms with E-state index in [0.29, 0.717) is 0 Å². The first-order valence-corrected chi connectivity index (χ1v) is 9.17. The minimum Gasteiger partial charge on any atom is -0.392 e. The number of aliphatic hydroxyl groups excluding tert-OH is 2. The molecule has 3 heteroatoms. The molecule has 0 aromatic heterocycles. The lowest BCUT2D eigenvalue weighted by atomic mass is 9.88. The molecule has 0 saturated heterocycles. The first-order valence-electron chi connectivity index (χ1n) is 9.17. The van der Waals surface area contributed by atoms with Crippen LogP contribution in [-0.2, 0) is 4.79 Å². The molecule has 1 saturated carbocycles. The van der Waals surface area contributed by atoms with Crippen molar-refractivity contribution in [2.24, 2.45) is 11.8 Å². The summed E-state index contributed by atoms with van der Waals surface area (Å²) >= 11 is 0. The van der Waals surface area contributed by atoms with Crippen molar-refractivity contribution in [3.05, 3.63) is 12.2 Å². The molecule has 3 nitrogen and oxygen atoms in total. The molecule has 0 spiro atoms. The maximum absolute atomic E-state index is 12.1. The van der Waals surface area contributed by atoms with Crippen LogP contribution < -0.4 is 0 Å². The number of hydrogen-bond acceptors (Lipinski definition) is 3. The van der Waals surface area contributed by atoms with Crippen LogP contribution in [0.3, 0.4) is 0 Å². The van der Waals surface area contributed by atoms with E-state index in [-0.39, 0.29) is 24.0 Å². The summed E-state index contributed by atoms with van der Waals surface area (Å²) in [6.07, 6.45) is 12.5. The van der Waals surface area contributed by atoms with Crippen LogP contribution >= 0.6 is 0 Å². The molecule has 0 heterocycles. The molecular formula is C19H34O3. The predicted octanol–water partition coefficient (Wildman–Crippen LogP) is 4.02. The van der Waals surface area contributed by atoms with Gasteiger partial charge in [0.2, 0.25) is 0 Å². The monoisotopic (exact) mass is 310 g/mol. The third-order valence-corrected chi connectivity index (χ3v) is 4.76. The Morgan fingerprint density at radius 1 is 1.14 bits per heavy atom. The Morgan fingerprint density at radius 3 is 2.50 bits per heavy atom. The maximum atomic E-state index is 12.1. The number of hydrogen-bond donors (Lipinski definition) is 2.